The molecule has 0 unspecified atom stereocenters. The maximum atomic E-state index is 12.5. The first-order chi connectivity index (χ1) is 11.1. The summed E-state index contributed by atoms with van der Waals surface area (Å²) in [4.78, 5) is 23.4. The van der Waals surface area contributed by atoms with Gasteiger partial charge in [-0.1, -0.05) is 48.5 Å². The summed E-state index contributed by atoms with van der Waals surface area (Å²) in [7, 11) is 0. The van der Waals surface area contributed by atoms with E-state index in [0.29, 0.717) is 12.1 Å². The number of benzene rings is 2. The van der Waals surface area contributed by atoms with Gasteiger partial charge >= 0.3 is 11.9 Å². The first-order valence-corrected chi connectivity index (χ1v) is 7.47. The molecule has 0 amide bonds. The number of ether oxygens (including phenoxy) is 1. The van der Waals surface area contributed by atoms with Crippen molar-refractivity contribution < 1.29 is 19.4 Å². The molecule has 118 valence electrons. The molecule has 0 aromatic heterocycles. The molecule has 1 fully saturated rings. The summed E-state index contributed by atoms with van der Waals surface area (Å²) in [6.07, 6.45) is -0.137. The highest BCUT2D eigenvalue weighted by atomic mass is 16.5. The minimum absolute atomic E-state index is 0.286. The number of carbonyl (C=O) groups is 2. The monoisotopic (exact) mass is 311 g/mol. The number of rotatable bonds is 4. The van der Waals surface area contributed by atoms with Crippen LogP contribution in [0.5, 0.6) is 0 Å². The molecule has 1 saturated heterocycles. The van der Waals surface area contributed by atoms with Gasteiger partial charge in [0.25, 0.3) is 0 Å². The molecule has 0 aliphatic carbocycles. The standard InChI is InChI=1S/C18H17NO4/c20-17(21)16-10-13(11-19-16)23-18(22)15-9-5-4-8-14(15)12-6-2-1-3-7-12/h1-9,13,16,19H,10-11H2,(H,20,21)/t13-,16-/m0/s1. The summed E-state index contributed by atoms with van der Waals surface area (Å²) in [5.74, 6) is -1.35. The van der Waals surface area contributed by atoms with Crippen LogP contribution in [0.2, 0.25) is 0 Å². The Hall–Kier alpha value is -2.66. The van der Waals surface area contributed by atoms with Crippen molar-refractivity contribution in [2.24, 2.45) is 0 Å². The summed E-state index contributed by atoms with van der Waals surface area (Å²) < 4.78 is 5.48. The Morgan fingerprint density at radius 1 is 1.04 bits per heavy atom. The van der Waals surface area contributed by atoms with Crippen LogP contribution in [-0.4, -0.2) is 35.7 Å². The molecule has 2 N–H and O–H groups in total. The van der Waals surface area contributed by atoms with Crippen molar-refractivity contribution in [3.8, 4) is 11.1 Å². The van der Waals surface area contributed by atoms with E-state index in [1.54, 1.807) is 12.1 Å². The molecule has 2 atom stereocenters. The lowest BCUT2D eigenvalue weighted by atomic mass is 10.00. The van der Waals surface area contributed by atoms with Gasteiger partial charge in [0.2, 0.25) is 0 Å². The van der Waals surface area contributed by atoms with Crippen molar-refractivity contribution >= 4 is 11.9 Å². The average molecular weight is 311 g/mol. The van der Waals surface area contributed by atoms with E-state index < -0.39 is 24.1 Å². The fourth-order valence-electron chi connectivity index (χ4n) is 2.73. The van der Waals surface area contributed by atoms with Crippen molar-refractivity contribution in [3.63, 3.8) is 0 Å². The van der Waals surface area contributed by atoms with E-state index in [2.05, 4.69) is 5.32 Å². The van der Waals surface area contributed by atoms with E-state index >= 15 is 0 Å². The molecule has 2 aromatic rings. The van der Waals surface area contributed by atoms with Gasteiger partial charge in [-0.05, 0) is 17.2 Å². The Bertz CT molecular complexity index is 714. The van der Waals surface area contributed by atoms with Gasteiger partial charge in [0, 0.05) is 13.0 Å². The van der Waals surface area contributed by atoms with E-state index in [-0.39, 0.29) is 6.42 Å². The SMILES string of the molecule is O=C(O[C@@H]1CN[C@H](C(=O)O)C1)c1ccccc1-c1ccccc1. The number of carboxylic acid groups (broad SMARTS) is 1. The molecule has 5 nitrogen and oxygen atoms in total. The van der Waals surface area contributed by atoms with Crippen LogP contribution in [0.3, 0.4) is 0 Å². The number of hydrogen-bond acceptors (Lipinski definition) is 4. The molecule has 3 rings (SSSR count). The van der Waals surface area contributed by atoms with Crippen LogP contribution in [0.15, 0.2) is 54.6 Å². The van der Waals surface area contributed by atoms with Gasteiger partial charge in [-0.3, -0.25) is 4.79 Å². The third-order valence-corrected chi connectivity index (χ3v) is 3.89. The molecule has 0 spiro atoms. The van der Waals surface area contributed by atoms with E-state index in [1.165, 1.54) is 0 Å². The molecule has 1 aliphatic heterocycles. The zero-order valence-corrected chi connectivity index (χ0v) is 12.4. The zero-order valence-electron chi connectivity index (χ0n) is 12.4. The van der Waals surface area contributed by atoms with Gasteiger partial charge in [-0.2, -0.15) is 0 Å². The molecule has 0 bridgehead atoms. The van der Waals surface area contributed by atoms with Gasteiger partial charge in [0.15, 0.2) is 0 Å². The summed E-state index contributed by atoms with van der Waals surface area (Å²) in [6.45, 7) is 0.357. The Labute approximate surface area is 133 Å². The van der Waals surface area contributed by atoms with Crippen LogP contribution in [0.1, 0.15) is 16.8 Å². The van der Waals surface area contributed by atoms with Gasteiger partial charge in [-0.25, -0.2) is 4.79 Å². The summed E-state index contributed by atoms with van der Waals surface area (Å²) >= 11 is 0. The average Bonchev–Trinajstić information content (AvgIpc) is 3.04. The molecular weight excluding hydrogens is 294 g/mol. The van der Waals surface area contributed by atoms with E-state index in [9.17, 15) is 9.59 Å². The second-order valence-corrected chi connectivity index (χ2v) is 5.47. The number of esters is 1. The van der Waals surface area contributed by atoms with E-state index in [1.807, 2.05) is 42.5 Å². The predicted octanol–water partition coefficient (Wildman–Crippen LogP) is 2.33. The molecule has 5 heteroatoms. The number of carboxylic acids is 1. The van der Waals surface area contributed by atoms with Crippen molar-refractivity contribution in [2.75, 3.05) is 6.54 Å². The lowest BCUT2D eigenvalue weighted by Crippen LogP contribution is -2.30. The maximum absolute atomic E-state index is 12.5. The lowest BCUT2D eigenvalue weighted by Gasteiger charge is -2.13. The summed E-state index contributed by atoms with van der Waals surface area (Å²) in [5.41, 5.74) is 2.23. The summed E-state index contributed by atoms with van der Waals surface area (Å²) in [6, 6.07) is 16.2. The highest BCUT2D eigenvalue weighted by Gasteiger charge is 2.32. The highest BCUT2D eigenvalue weighted by molar-refractivity contribution is 5.97. The zero-order chi connectivity index (χ0) is 16.2. The topological polar surface area (TPSA) is 75.6 Å². The van der Waals surface area contributed by atoms with E-state index in [4.69, 9.17) is 9.84 Å². The number of carbonyl (C=O) groups excluding carboxylic acids is 1. The van der Waals surface area contributed by atoms with Gasteiger partial charge in [-0.15, -0.1) is 0 Å². The largest absolute Gasteiger partial charge is 0.480 e. The molecule has 1 aliphatic rings. The Kier molecular flexibility index (Phi) is 4.39. The minimum atomic E-state index is -0.923. The molecule has 0 saturated carbocycles. The molecular formula is C18H17NO4. The second-order valence-electron chi connectivity index (χ2n) is 5.47. The first-order valence-electron chi connectivity index (χ1n) is 7.47. The number of aliphatic carboxylic acids is 1. The normalized spacial score (nSPS) is 20.2. The fourth-order valence-corrected chi connectivity index (χ4v) is 2.73. The Morgan fingerprint density at radius 3 is 2.43 bits per heavy atom. The van der Waals surface area contributed by atoms with Crippen molar-refractivity contribution in [3.05, 3.63) is 60.2 Å². The number of hydrogen-bond donors (Lipinski definition) is 2. The van der Waals surface area contributed by atoms with Crippen LogP contribution < -0.4 is 5.32 Å². The van der Waals surface area contributed by atoms with Crippen molar-refractivity contribution in [1.29, 1.82) is 0 Å². The lowest BCUT2D eigenvalue weighted by molar-refractivity contribution is -0.139. The maximum Gasteiger partial charge on any atom is 0.339 e. The Balaban J connectivity index is 1.77. The summed E-state index contributed by atoms with van der Waals surface area (Å²) in [5, 5.41) is 11.8. The fraction of sp³-hybridized carbons (Fsp3) is 0.222. The van der Waals surface area contributed by atoms with Crippen molar-refractivity contribution in [2.45, 2.75) is 18.6 Å². The van der Waals surface area contributed by atoms with Crippen molar-refractivity contribution in [1.82, 2.24) is 5.32 Å². The van der Waals surface area contributed by atoms with Crippen LogP contribution >= 0.6 is 0 Å². The smallest absolute Gasteiger partial charge is 0.339 e. The molecule has 23 heavy (non-hydrogen) atoms. The molecule has 2 aromatic carbocycles. The predicted molar refractivity (Wildman–Crippen MR) is 85.1 cm³/mol. The Morgan fingerprint density at radius 2 is 1.74 bits per heavy atom. The van der Waals surface area contributed by atoms with Gasteiger partial charge in [0.05, 0.1) is 5.56 Å². The van der Waals surface area contributed by atoms with E-state index in [0.717, 1.165) is 11.1 Å². The third-order valence-electron chi connectivity index (χ3n) is 3.89. The first kappa shape index (κ1) is 15.2. The quantitative estimate of drug-likeness (QED) is 0.848. The van der Waals surface area contributed by atoms with Crippen LogP contribution in [0, 0.1) is 0 Å². The molecule has 1 heterocycles. The second kappa shape index (κ2) is 6.62. The van der Waals surface area contributed by atoms with Crippen LogP contribution in [-0.2, 0) is 9.53 Å². The minimum Gasteiger partial charge on any atom is -0.480 e. The highest BCUT2D eigenvalue weighted by Crippen LogP contribution is 2.25. The molecule has 0 radical (unpaired) electrons. The van der Waals surface area contributed by atoms with Crippen LogP contribution in [0.4, 0.5) is 0 Å². The van der Waals surface area contributed by atoms with Gasteiger partial charge in [0.1, 0.15) is 12.1 Å². The third kappa shape index (κ3) is 3.40. The van der Waals surface area contributed by atoms with Gasteiger partial charge < -0.3 is 15.2 Å². The van der Waals surface area contributed by atoms with Crippen LogP contribution in [0.25, 0.3) is 11.1 Å². The number of nitrogens with one attached hydrogen (secondary N) is 1.